The summed E-state index contributed by atoms with van der Waals surface area (Å²) in [5, 5.41) is 14.5. The Labute approximate surface area is 172 Å². The van der Waals surface area contributed by atoms with Gasteiger partial charge in [0.05, 0.1) is 23.7 Å². The number of nitrogens with one attached hydrogen (secondary N) is 1. The molecular weight excluding hydrogens is 396 g/mol. The maximum absolute atomic E-state index is 12.8. The highest BCUT2D eigenvalue weighted by molar-refractivity contribution is 7.17. The topological polar surface area (TPSA) is 108 Å². The first kappa shape index (κ1) is 20.8. The van der Waals surface area contributed by atoms with Gasteiger partial charge in [0.25, 0.3) is 5.91 Å². The SMILES string of the molecule is CCOC(=O)c1c(NC(=O)c2ccc(OCC)c([N+](=O)[O-])c2)sc2c1CCCC2. The Morgan fingerprint density at radius 1 is 1.21 bits per heavy atom. The van der Waals surface area contributed by atoms with Gasteiger partial charge in [0.2, 0.25) is 0 Å². The second-order valence-corrected chi connectivity index (χ2v) is 7.57. The number of nitro benzene ring substituents is 1. The molecule has 1 amide bonds. The van der Waals surface area contributed by atoms with Gasteiger partial charge in [-0.05, 0) is 57.2 Å². The number of benzene rings is 1. The van der Waals surface area contributed by atoms with Crippen LogP contribution in [0.1, 0.15) is 57.8 Å². The molecule has 0 atom stereocenters. The Hall–Kier alpha value is -2.94. The number of nitro groups is 1. The molecule has 0 bridgehead atoms. The second kappa shape index (κ2) is 9.04. The third kappa shape index (κ3) is 4.40. The molecule has 0 aliphatic heterocycles. The van der Waals surface area contributed by atoms with E-state index in [1.165, 1.54) is 29.5 Å². The molecule has 0 saturated heterocycles. The van der Waals surface area contributed by atoms with Gasteiger partial charge in [-0.3, -0.25) is 14.9 Å². The van der Waals surface area contributed by atoms with Crippen molar-refractivity contribution in [3.8, 4) is 5.75 Å². The molecule has 1 aromatic heterocycles. The first-order chi connectivity index (χ1) is 14.0. The van der Waals surface area contributed by atoms with Crippen LogP contribution >= 0.6 is 11.3 Å². The van der Waals surface area contributed by atoms with Crippen molar-refractivity contribution in [2.24, 2.45) is 0 Å². The number of esters is 1. The lowest BCUT2D eigenvalue weighted by Gasteiger charge is -2.12. The van der Waals surface area contributed by atoms with E-state index in [1.54, 1.807) is 13.8 Å². The third-order valence-electron chi connectivity index (χ3n) is 4.60. The first-order valence-corrected chi connectivity index (χ1v) is 10.3. The lowest BCUT2D eigenvalue weighted by atomic mass is 9.95. The van der Waals surface area contributed by atoms with Crippen LogP contribution in [-0.2, 0) is 17.6 Å². The predicted molar refractivity (Wildman–Crippen MR) is 109 cm³/mol. The van der Waals surface area contributed by atoms with E-state index < -0.39 is 16.8 Å². The number of ether oxygens (including phenoxy) is 2. The molecule has 1 aromatic carbocycles. The fourth-order valence-electron chi connectivity index (χ4n) is 3.33. The highest BCUT2D eigenvalue weighted by Gasteiger charge is 2.28. The number of fused-ring (bicyclic) bond motifs is 1. The summed E-state index contributed by atoms with van der Waals surface area (Å²) < 4.78 is 10.4. The van der Waals surface area contributed by atoms with Crippen molar-refractivity contribution in [1.29, 1.82) is 0 Å². The lowest BCUT2D eigenvalue weighted by molar-refractivity contribution is -0.385. The molecule has 0 radical (unpaired) electrons. The van der Waals surface area contributed by atoms with Gasteiger partial charge in [0.15, 0.2) is 5.75 Å². The van der Waals surface area contributed by atoms with Gasteiger partial charge in [0.1, 0.15) is 5.00 Å². The van der Waals surface area contributed by atoms with Crippen molar-refractivity contribution in [1.82, 2.24) is 0 Å². The van der Waals surface area contributed by atoms with E-state index in [1.807, 2.05) is 0 Å². The summed E-state index contributed by atoms with van der Waals surface area (Å²) >= 11 is 1.37. The van der Waals surface area contributed by atoms with Gasteiger partial charge in [-0.1, -0.05) is 0 Å². The molecule has 154 valence electrons. The maximum atomic E-state index is 12.8. The average Bonchev–Trinajstić information content (AvgIpc) is 3.06. The summed E-state index contributed by atoms with van der Waals surface area (Å²) in [5.74, 6) is -0.881. The van der Waals surface area contributed by atoms with Crippen LogP contribution in [0.5, 0.6) is 5.75 Å². The number of amides is 1. The van der Waals surface area contributed by atoms with Crippen molar-refractivity contribution in [2.75, 3.05) is 18.5 Å². The van der Waals surface area contributed by atoms with Gasteiger partial charge in [-0.25, -0.2) is 4.79 Å². The lowest BCUT2D eigenvalue weighted by Crippen LogP contribution is -2.16. The summed E-state index contributed by atoms with van der Waals surface area (Å²) in [5.41, 5.74) is 1.17. The summed E-state index contributed by atoms with van der Waals surface area (Å²) in [6.45, 7) is 3.96. The Balaban J connectivity index is 1.93. The predicted octanol–water partition coefficient (Wildman–Crippen LogP) is 4.36. The Kier molecular flexibility index (Phi) is 6.48. The van der Waals surface area contributed by atoms with E-state index in [0.717, 1.165) is 36.1 Å². The minimum absolute atomic E-state index is 0.104. The van der Waals surface area contributed by atoms with Crippen LogP contribution in [0.2, 0.25) is 0 Å². The van der Waals surface area contributed by atoms with Crippen LogP contribution in [0.15, 0.2) is 18.2 Å². The van der Waals surface area contributed by atoms with Crippen LogP contribution < -0.4 is 10.1 Å². The Morgan fingerprint density at radius 3 is 2.66 bits per heavy atom. The van der Waals surface area contributed by atoms with E-state index in [9.17, 15) is 19.7 Å². The number of rotatable bonds is 7. The summed E-state index contributed by atoms with van der Waals surface area (Å²) in [7, 11) is 0. The number of nitrogens with zero attached hydrogens (tertiary/aromatic N) is 1. The molecule has 8 nitrogen and oxygen atoms in total. The van der Waals surface area contributed by atoms with Crippen molar-refractivity contribution >= 4 is 33.9 Å². The average molecular weight is 418 g/mol. The van der Waals surface area contributed by atoms with Crippen molar-refractivity contribution in [2.45, 2.75) is 39.5 Å². The normalized spacial score (nSPS) is 12.8. The monoisotopic (exact) mass is 418 g/mol. The van der Waals surface area contributed by atoms with Crippen LogP contribution in [0.4, 0.5) is 10.7 Å². The molecule has 0 fully saturated rings. The minimum Gasteiger partial charge on any atom is -0.487 e. The fraction of sp³-hybridized carbons (Fsp3) is 0.400. The third-order valence-corrected chi connectivity index (χ3v) is 5.80. The molecule has 0 saturated carbocycles. The zero-order valence-electron chi connectivity index (χ0n) is 16.3. The van der Waals surface area contributed by atoms with E-state index in [-0.39, 0.29) is 30.2 Å². The van der Waals surface area contributed by atoms with E-state index in [0.29, 0.717) is 10.6 Å². The number of thiophene rings is 1. The fourth-order valence-corrected chi connectivity index (χ4v) is 4.60. The molecule has 1 aliphatic carbocycles. The molecular formula is C20H22N2O6S. The molecule has 29 heavy (non-hydrogen) atoms. The Morgan fingerprint density at radius 2 is 1.97 bits per heavy atom. The summed E-state index contributed by atoms with van der Waals surface area (Å²) in [4.78, 5) is 37.1. The molecule has 3 rings (SSSR count). The smallest absolute Gasteiger partial charge is 0.341 e. The molecule has 1 aliphatic rings. The van der Waals surface area contributed by atoms with Gasteiger partial charge < -0.3 is 14.8 Å². The first-order valence-electron chi connectivity index (χ1n) is 9.50. The van der Waals surface area contributed by atoms with Crippen LogP contribution in [-0.4, -0.2) is 30.0 Å². The quantitative estimate of drug-likeness (QED) is 0.407. The highest BCUT2D eigenvalue weighted by Crippen LogP contribution is 2.39. The molecule has 9 heteroatoms. The van der Waals surface area contributed by atoms with Crippen LogP contribution in [0, 0.1) is 10.1 Å². The molecule has 2 aromatic rings. The molecule has 1 N–H and O–H groups in total. The van der Waals surface area contributed by atoms with Crippen LogP contribution in [0.25, 0.3) is 0 Å². The number of hydrogen-bond acceptors (Lipinski definition) is 7. The summed E-state index contributed by atoms with van der Waals surface area (Å²) in [6.07, 6.45) is 3.64. The zero-order valence-corrected chi connectivity index (χ0v) is 17.1. The van der Waals surface area contributed by atoms with E-state index in [4.69, 9.17) is 9.47 Å². The number of hydrogen-bond donors (Lipinski definition) is 1. The summed E-state index contributed by atoms with van der Waals surface area (Å²) in [6, 6.07) is 4.05. The number of carbonyl (C=O) groups is 2. The number of aryl methyl sites for hydroxylation is 1. The van der Waals surface area contributed by atoms with Gasteiger partial charge in [0, 0.05) is 16.5 Å². The number of anilines is 1. The van der Waals surface area contributed by atoms with Gasteiger partial charge in [-0.15, -0.1) is 11.3 Å². The molecule has 1 heterocycles. The van der Waals surface area contributed by atoms with Crippen molar-refractivity contribution in [3.05, 3.63) is 49.9 Å². The van der Waals surface area contributed by atoms with Gasteiger partial charge in [-0.2, -0.15) is 0 Å². The van der Waals surface area contributed by atoms with E-state index in [2.05, 4.69) is 5.32 Å². The highest BCUT2D eigenvalue weighted by atomic mass is 32.1. The van der Waals surface area contributed by atoms with Crippen molar-refractivity contribution < 1.29 is 24.0 Å². The van der Waals surface area contributed by atoms with Gasteiger partial charge >= 0.3 is 11.7 Å². The Bertz CT molecular complexity index is 953. The van der Waals surface area contributed by atoms with Crippen molar-refractivity contribution in [3.63, 3.8) is 0 Å². The van der Waals surface area contributed by atoms with Crippen LogP contribution in [0.3, 0.4) is 0 Å². The molecule has 0 spiro atoms. The molecule has 0 unspecified atom stereocenters. The number of carbonyl (C=O) groups excluding carboxylic acids is 2. The van der Waals surface area contributed by atoms with E-state index >= 15 is 0 Å². The standard InChI is InChI=1S/C20H22N2O6S/c1-3-27-15-10-9-12(11-14(15)22(25)26)18(23)21-19-17(20(24)28-4-2)13-7-5-6-8-16(13)29-19/h9-11H,3-8H2,1-2H3,(H,21,23). The zero-order chi connectivity index (χ0) is 21.0. The maximum Gasteiger partial charge on any atom is 0.341 e. The minimum atomic E-state index is -0.588. The largest absolute Gasteiger partial charge is 0.487 e. The second-order valence-electron chi connectivity index (χ2n) is 6.46.